The van der Waals surface area contributed by atoms with Gasteiger partial charge in [-0.25, -0.2) is 0 Å². The molecule has 18 heavy (non-hydrogen) atoms. The molecule has 0 aromatic rings. The normalized spacial score (nSPS) is 22.7. The van der Waals surface area contributed by atoms with Crippen LogP contribution in [-0.4, -0.2) is 29.8 Å². The summed E-state index contributed by atoms with van der Waals surface area (Å²) in [4.78, 5) is 25.5. The molecule has 1 rings (SSSR count). The van der Waals surface area contributed by atoms with Gasteiger partial charge in [-0.3, -0.25) is 9.59 Å². The van der Waals surface area contributed by atoms with E-state index in [-0.39, 0.29) is 23.7 Å². The van der Waals surface area contributed by atoms with E-state index >= 15 is 0 Å². The number of amides is 2. The number of rotatable bonds is 5. The number of carbonyl (C=O) groups is 2. The van der Waals surface area contributed by atoms with E-state index in [1.807, 2.05) is 25.7 Å². The summed E-state index contributed by atoms with van der Waals surface area (Å²) in [6.45, 7) is 11.3. The molecule has 1 saturated heterocycles. The molecule has 104 valence electrons. The van der Waals surface area contributed by atoms with Gasteiger partial charge in [-0.15, -0.1) is 0 Å². The molecule has 0 saturated carbocycles. The Balaban J connectivity index is 2.65. The minimum atomic E-state index is -0.573. The van der Waals surface area contributed by atoms with Crippen LogP contribution in [0.1, 0.15) is 41.0 Å². The van der Waals surface area contributed by atoms with Crippen LogP contribution in [0.4, 0.5) is 0 Å². The van der Waals surface area contributed by atoms with Crippen LogP contribution >= 0.6 is 0 Å². The third-order valence-corrected chi connectivity index (χ3v) is 4.50. The Morgan fingerprint density at radius 1 is 1.44 bits per heavy atom. The van der Waals surface area contributed by atoms with Crippen molar-refractivity contribution in [2.24, 2.45) is 28.9 Å². The quantitative estimate of drug-likeness (QED) is 0.810. The lowest BCUT2D eigenvalue weighted by Crippen LogP contribution is -2.43. The maximum absolute atomic E-state index is 12.2. The van der Waals surface area contributed by atoms with E-state index in [1.54, 1.807) is 0 Å². The molecule has 2 atom stereocenters. The van der Waals surface area contributed by atoms with Crippen molar-refractivity contribution in [3.63, 3.8) is 0 Å². The summed E-state index contributed by atoms with van der Waals surface area (Å²) in [5.74, 6) is 0.542. The first-order chi connectivity index (χ1) is 8.17. The van der Waals surface area contributed by atoms with E-state index in [1.165, 1.54) is 0 Å². The molecule has 1 aliphatic heterocycles. The minimum absolute atomic E-state index is 0.0739. The molecule has 0 spiro atoms. The van der Waals surface area contributed by atoms with Crippen LogP contribution in [0.15, 0.2) is 0 Å². The van der Waals surface area contributed by atoms with Gasteiger partial charge in [-0.05, 0) is 18.3 Å². The molecule has 1 unspecified atom stereocenters. The van der Waals surface area contributed by atoms with Gasteiger partial charge in [0.15, 0.2) is 0 Å². The summed E-state index contributed by atoms with van der Waals surface area (Å²) >= 11 is 0. The summed E-state index contributed by atoms with van der Waals surface area (Å²) in [7, 11) is 0. The molecule has 1 heterocycles. The average Bonchev–Trinajstić information content (AvgIpc) is 2.60. The molecule has 1 fully saturated rings. The number of primary amides is 1. The standard InChI is InChI=1S/C14H26N2O2/c1-9(2)11-6-7-16(12(11)17)8-10(3)14(4,5)13(15)18/h9-11H,6-8H2,1-5H3,(H2,15,18)/t10?,11-/m1/s1. The highest BCUT2D eigenvalue weighted by molar-refractivity contribution is 5.82. The van der Waals surface area contributed by atoms with Gasteiger partial charge >= 0.3 is 0 Å². The van der Waals surface area contributed by atoms with Crippen molar-refractivity contribution in [2.45, 2.75) is 41.0 Å². The fraction of sp³-hybridized carbons (Fsp3) is 0.857. The molecule has 0 aliphatic carbocycles. The van der Waals surface area contributed by atoms with Crippen molar-refractivity contribution in [1.29, 1.82) is 0 Å². The fourth-order valence-electron chi connectivity index (χ4n) is 2.36. The summed E-state index contributed by atoms with van der Waals surface area (Å²) < 4.78 is 0. The Morgan fingerprint density at radius 3 is 2.39 bits per heavy atom. The highest BCUT2D eigenvalue weighted by Crippen LogP contribution is 2.31. The van der Waals surface area contributed by atoms with E-state index in [9.17, 15) is 9.59 Å². The van der Waals surface area contributed by atoms with Crippen molar-refractivity contribution >= 4 is 11.8 Å². The summed E-state index contributed by atoms with van der Waals surface area (Å²) in [6.07, 6.45) is 0.931. The predicted octanol–water partition coefficient (Wildman–Crippen LogP) is 1.64. The molecule has 2 amide bonds. The van der Waals surface area contributed by atoms with Crippen LogP contribution in [0.25, 0.3) is 0 Å². The van der Waals surface area contributed by atoms with E-state index in [4.69, 9.17) is 5.73 Å². The van der Waals surface area contributed by atoms with Crippen molar-refractivity contribution in [3.8, 4) is 0 Å². The third kappa shape index (κ3) is 2.85. The van der Waals surface area contributed by atoms with Crippen LogP contribution in [0.3, 0.4) is 0 Å². The molecular formula is C14H26N2O2. The van der Waals surface area contributed by atoms with Gasteiger partial charge in [0.2, 0.25) is 11.8 Å². The molecule has 4 heteroatoms. The molecule has 0 bridgehead atoms. The van der Waals surface area contributed by atoms with Gasteiger partial charge in [0.1, 0.15) is 0 Å². The molecule has 2 N–H and O–H groups in total. The Labute approximate surface area is 110 Å². The van der Waals surface area contributed by atoms with E-state index in [0.29, 0.717) is 12.5 Å². The predicted molar refractivity (Wildman–Crippen MR) is 71.7 cm³/mol. The maximum atomic E-state index is 12.2. The van der Waals surface area contributed by atoms with Crippen LogP contribution in [-0.2, 0) is 9.59 Å². The largest absolute Gasteiger partial charge is 0.369 e. The smallest absolute Gasteiger partial charge is 0.226 e. The van der Waals surface area contributed by atoms with Gasteiger partial charge in [-0.1, -0.05) is 34.6 Å². The first-order valence-electron chi connectivity index (χ1n) is 6.76. The molecule has 0 radical (unpaired) electrons. The summed E-state index contributed by atoms with van der Waals surface area (Å²) in [5.41, 5.74) is 4.84. The monoisotopic (exact) mass is 254 g/mol. The highest BCUT2D eigenvalue weighted by atomic mass is 16.2. The van der Waals surface area contributed by atoms with Crippen molar-refractivity contribution in [1.82, 2.24) is 4.90 Å². The first-order valence-corrected chi connectivity index (χ1v) is 6.76. The van der Waals surface area contributed by atoms with Gasteiger partial charge in [-0.2, -0.15) is 0 Å². The second kappa shape index (κ2) is 5.29. The van der Waals surface area contributed by atoms with Crippen LogP contribution in [0.2, 0.25) is 0 Å². The van der Waals surface area contributed by atoms with Gasteiger partial charge < -0.3 is 10.6 Å². The maximum Gasteiger partial charge on any atom is 0.226 e. The Morgan fingerprint density at radius 2 is 2.00 bits per heavy atom. The number of carbonyl (C=O) groups excluding carboxylic acids is 2. The average molecular weight is 254 g/mol. The number of hydrogen-bond donors (Lipinski definition) is 1. The highest BCUT2D eigenvalue weighted by Gasteiger charge is 2.38. The minimum Gasteiger partial charge on any atom is -0.369 e. The molecular weight excluding hydrogens is 228 g/mol. The molecule has 4 nitrogen and oxygen atoms in total. The lowest BCUT2D eigenvalue weighted by molar-refractivity contribution is -0.135. The molecule has 0 aromatic heterocycles. The van der Waals surface area contributed by atoms with E-state index in [0.717, 1.165) is 13.0 Å². The lowest BCUT2D eigenvalue weighted by atomic mass is 9.79. The van der Waals surface area contributed by atoms with Crippen LogP contribution in [0.5, 0.6) is 0 Å². The number of likely N-dealkylation sites (tertiary alicyclic amines) is 1. The SMILES string of the molecule is CC(C)[C@H]1CCN(CC(C)C(C)(C)C(N)=O)C1=O. The zero-order chi connectivity index (χ0) is 14.1. The van der Waals surface area contributed by atoms with Crippen LogP contribution in [0, 0.1) is 23.2 Å². The van der Waals surface area contributed by atoms with Crippen molar-refractivity contribution in [2.75, 3.05) is 13.1 Å². The summed E-state index contributed by atoms with van der Waals surface area (Å²) in [5, 5.41) is 0. The second-order valence-corrected chi connectivity index (χ2v) is 6.41. The molecule has 1 aliphatic rings. The van der Waals surface area contributed by atoms with Gasteiger partial charge in [0.05, 0.1) is 0 Å². The second-order valence-electron chi connectivity index (χ2n) is 6.41. The Hall–Kier alpha value is -1.06. The van der Waals surface area contributed by atoms with Gasteiger partial charge in [0, 0.05) is 24.4 Å². The number of hydrogen-bond acceptors (Lipinski definition) is 2. The Bertz CT molecular complexity index is 337. The Kier molecular flexibility index (Phi) is 4.41. The van der Waals surface area contributed by atoms with Crippen molar-refractivity contribution in [3.05, 3.63) is 0 Å². The first kappa shape index (κ1) is 15.0. The zero-order valence-corrected chi connectivity index (χ0v) is 12.2. The number of nitrogens with zero attached hydrogens (tertiary/aromatic N) is 1. The summed E-state index contributed by atoms with van der Waals surface area (Å²) in [6, 6.07) is 0. The van der Waals surface area contributed by atoms with Crippen molar-refractivity contribution < 1.29 is 9.59 Å². The fourth-order valence-corrected chi connectivity index (χ4v) is 2.36. The lowest BCUT2D eigenvalue weighted by Gasteiger charge is -2.32. The van der Waals surface area contributed by atoms with Crippen LogP contribution < -0.4 is 5.73 Å². The van der Waals surface area contributed by atoms with E-state index in [2.05, 4.69) is 13.8 Å². The van der Waals surface area contributed by atoms with Gasteiger partial charge in [0.25, 0.3) is 0 Å². The topological polar surface area (TPSA) is 63.4 Å². The molecule has 0 aromatic carbocycles. The zero-order valence-electron chi connectivity index (χ0n) is 12.2. The van der Waals surface area contributed by atoms with E-state index < -0.39 is 5.41 Å². The number of nitrogens with two attached hydrogens (primary N) is 1. The third-order valence-electron chi connectivity index (χ3n) is 4.50.